The average Bonchev–Trinajstić information content (AvgIpc) is 2.77. The standard InChI is InChI=1S/C20H30N2O5S2/c1-26-18-4-3-16(20(23)27-2)13-19(18)29(24,25)21-14-15-5-9-22(10-6-15)17-7-11-28-12-8-17/h3-4,13,15,17,21H,5-12,14H2,1-2H3. The third-order valence-electron chi connectivity index (χ3n) is 5.79. The quantitative estimate of drug-likeness (QED) is 0.649. The lowest BCUT2D eigenvalue weighted by molar-refractivity contribution is 0.0600. The van der Waals surface area contributed by atoms with Gasteiger partial charge in [0.05, 0.1) is 19.8 Å². The predicted octanol–water partition coefficient (Wildman–Crippen LogP) is 2.37. The number of hydrogen-bond acceptors (Lipinski definition) is 7. The molecule has 0 aliphatic carbocycles. The van der Waals surface area contributed by atoms with Gasteiger partial charge in [0.25, 0.3) is 0 Å². The van der Waals surface area contributed by atoms with Crippen LogP contribution in [0, 0.1) is 5.92 Å². The average molecular weight is 443 g/mol. The topological polar surface area (TPSA) is 84.9 Å². The molecule has 1 aromatic carbocycles. The number of rotatable bonds is 7. The highest BCUT2D eigenvalue weighted by molar-refractivity contribution is 7.99. The Kier molecular flexibility index (Phi) is 7.84. The van der Waals surface area contributed by atoms with Crippen LogP contribution in [-0.4, -0.2) is 70.7 Å². The molecule has 1 aromatic rings. The van der Waals surface area contributed by atoms with Crippen LogP contribution in [0.1, 0.15) is 36.0 Å². The van der Waals surface area contributed by atoms with Gasteiger partial charge in [-0.1, -0.05) is 0 Å². The predicted molar refractivity (Wildman–Crippen MR) is 114 cm³/mol. The monoisotopic (exact) mass is 442 g/mol. The number of benzene rings is 1. The van der Waals surface area contributed by atoms with Crippen LogP contribution in [0.3, 0.4) is 0 Å². The maximum absolute atomic E-state index is 12.9. The zero-order chi connectivity index (χ0) is 20.9. The van der Waals surface area contributed by atoms with Gasteiger partial charge >= 0.3 is 5.97 Å². The molecule has 0 saturated carbocycles. The maximum Gasteiger partial charge on any atom is 0.337 e. The number of carbonyl (C=O) groups is 1. The second-order valence-electron chi connectivity index (χ2n) is 7.53. The lowest BCUT2D eigenvalue weighted by atomic mass is 9.95. The molecule has 2 saturated heterocycles. The molecule has 3 rings (SSSR count). The van der Waals surface area contributed by atoms with E-state index < -0.39 is 16.0 Å². The SMILES string of the molecule is COC(=O)c1ccc(OC)c(S(=O)(=O)NCC2CCN(C3CCSCC3)CC2)c1. The summed E-state index contributed by atoms with van der Waals surface area (Å²) in [6.45, 7) is 2.45. The molecular weight excluding hydrogens is 412 g/mol. The number of ether oxygens (including phenoxy) is 2. The highest BCUT2D eigenvalue weighted by atomic mass is 32.2. The molecule has 2 aliphatic heterocycles. The molecule has 2 aliphatic rings. The van der Waals surface area contributed by atoms with E-state index in [-0.39, 0.29) is 16.2 Å². The first-order valence-corrected chi connectivity index (χ1v) is 12.7. The lowest BCUT2D eigenvalue weighted by Crippen LogP contribution is -2.45. The van der Waals surface area contributed by atoms with Gasteiger partial charge < -0.3 is 14.4 Å². The van der Waals surface area contributed by atoms with E-state index in [2.05, 4.69) is 9.62 Å². The van der Waals surface area contributed by atoms with Crippen LogP contribution in [0.5, 0.6) is 5.75 Å². The zero-order valence-corrected chi connectivity index (χ0v) is 18.7. The largest absolute Gasteiger partial charge is 0.495 e. The Balaban J connectivity index is 1.59. The fourth-order valence-electron chi connectivity index (χ4n) is 4.01. The molecular formula is C20H30N2O5S2. The van der Waals surface area contributed by atoms with Crippen LogP contribution >= 0.6 is 11.8 Å². The molecule has 0 amide bonds. The molecule has 0 radical (unpaired) electrons. The van der Waals surface area contributed by atoms with E-state index in [1.165, 1.54) is 56.8 Å². The number of carbonyl (C=O) groups excluding carboxylic acids is 1. The molecule has 2 fully saturated rings. The number of sulfonamides is 1. The van der Waals surface area contributed by atoms with Crippen LogP contribution in [0.2, 0.25) is 0 Å². The van der Waals surface area contributed by atoms with Crippen molar-refractivity contribution >= 4 is 27.8 Å². The summed E-state index contributed by atoms with van der Waals surface area (Å²) in [4.78, 5) is 14.3. The number of nitrogens with zero attached hydrogens (tertiary/aromatic N) is 1. The van der Waals surface area contributed by atoms with Crippen LogP contribution in [0.15, 0.2) is 23.1 Å². The van der Waals surface area contributed by atoms with Gasteiger partial charge in [-0.05, 0) is 74.4 Å². The fourth-order valence-corrected chi connectivity index (χ4v) is 6.40. The van der Waals surface area contributed by atoms with E-state index in [4.69, 9.17) is 9.47 Å². The number of hydrogen-bond donors (Lipinski definition) is 1. The van der Waals surface area contributed by atoms with Crippen molar-refractivity contribution in [1.82, 2.24) is 9.62 Å². The van der Waals surface area contributed by atoms with Crippen molar-refractivity contribution in [2.45, 2.75) is 36.6 Å². The summed E-state index contributed by atoms with van der Waals surface area (Å²) < 4.78 is 38.3. The highest BCUT2D eigenvalue weighted by Crippen LogP contribution is 2.28. The number of nitrogens with one attached hydrogen (secondary N) is 1. The first-order valence-electron chi connectivity index (χ1n) is 10.0. The van der Waals surface area contributed by atoms with Crippen LogP contribution in [-0.2, 0) is 14.8 Å². The smallest absolute Gasteiger partial charge is 0.337 e. The Morgan fingerprint density at radius 2 is 1.86 bits per heavy atom. The first-order chi connectivity index (χ1) is 13.9. The molecule has 9 heteroatoms. The second kappa shape index (κ2) is 10.1. The van der Waals surface area contributed by atoms with Crippen LogP contribution in [0.25, 0.3) is 0 Å². The molecule has 0 aromatic heterocycles. The summed E-state index contributed by atoms with van der Waals surface area (Å²) in [7, 11) is -1.13. The van der Waals surface area contributed by atoms with Crippen molar-refractivity contribution in [3.05, 3.63) is 23.8 Å². The molecule has 162 valence electrons. The summed E-state index contributed by atoms with van der Waals surface area (Å²) in [5.74, 6) is 2.43. The summed E-state index contributed by atoms with van der Waals surface area (Å²) in [6, 6.07) is 4.96. The number of esters is 1. The minimum atomic E-state index is -3.80. The molecule has 7 nitrogen and oxygen atoms in total. The van der Waals surface area contributed by atoms with E-state index in [0.717, 1.165) is 25.9 Å². The molecule has 29 heavy (non-hydrogen) atoms. The zero-order valence-electron chi connectivity index (χ0n) is 17.1. The lowest BCUT2D eigenvalue weighted by Gasteiger charge is -2.39. The maximum atomic E-state index is 12.9. The van der Waals surface area contributed by atoms with Gasteiger partial charge in [-0.15, -0.1) is 0 Å². The molecule has 2 heterocycles. The number of thioether (sulfide) groups is 1. The fraction of sp³-hybridized carbons (Fsp3) is 0.650. The van der Waals surface area contributed by atoms with Crippen molar-refractivity contribution in [2.24, 2.45) is 5.92 Å². The van der Waals surface area contributed by atoms with Crippen LogP contribution < -0.4 is 9.46 Å². The van der Waals surface area contributed by atoms with Crippen LogP contribution in [0.4, 0.5) is 0 Å². The van der Waals surface area contributed by atoms with E-state index in [1.807, 2.05) is 11.8 Å². The Morgan fingerprint density at radius 1 is 1.17 bits per heavy atom. The molecule has 0 atom stereocenters. The van der Waals surface area contributed by atoms with Gasteiger partial charge in [0, 0.05) is 12.6 Å². The number of methoxy groups -OCH3 is 2. The Hall–Kier alpha value is -1.29. The molecule has 1 N–H and O–H groups in total. The van der Waals surface area contributed by atoms with Gasteiger partial charge in [-0.3, -0.25) is 0 Å². The minimum absolute atomic E-state index is 0.0416. The van der Waals surface area contributed by atoms with Gasteiger partial charge in [-0.2, -0.15) is 11.8 Å². The first kappa shape index (κ1) is 22.4. The Labute approximate surface area is 177 Å². The summed E-state index contributed by atoms with van der Waals surface area (Å²) >= 11 is 2.04. The second-order valence-corrected chi connectivity index (χ2v) is 10.5. The summed E-state index contributed by atoms with van der Waals surface area (Å²) in [5, 5.41) is 0. The van der Waals surface area contributed by atoms with E-state index >= 15 is 0 Å². The molecule has 0 bridgehead atoms. The molecule has 0 spiro atoms. The van der Waals surface area contributed by atoms with Crippen molar-refractivity contribution in [3.8, 4) is 5.75 Å². The van der Waals surface area contributed by atoms with Gasteiger partial charge in [0.15, 0.2) is 0 Å². The van der Waals surface area contributed by atoms with Crippen molar-refractivity contribution < 1.29 is 22.7 Å². The third-order valence-corrected chi connectivity index (χ3v) is 8.29. The van der Waals surface area contributed by atoms with E-state index in [1.54, 1.807) is 0 Å². The van der Waals surface area contributed by atoms with Gasteiger partial charge in [-0.25, -0.2) is 17.9 Å². The van der Waals surface area contributed by atoms with Crippen molar-refractivity contribution in [1.29, 1.82) is 0 Å². The summed E-state index contributed by atoms with van der Waals surface area (Å²) in [5.41, 5.74) is 0.174. The van der Waals surface area contributed by atoms with Gasteiger partial charge in [0.2, 0.25) is 10.0 Å². The number of piperidine rings is 1. The Bertz CT molecular complexity index is 801. The molecule has 0 unspecified atom stereocenters. The summed E-state index contributed by atoms with van der Waals surface area (Å²) in [6.07, 6.45) is 4.51. The van der Waals surface area contributed by atoms with Crippen molar-refractivity contribution in [2.75, 3.05) is 45.4 Å². The van der Waals surface area contributed by atoms with Gasteiger partial charge in [0.1, 0.15) is 10.6 Å². The highest BCUT2D eigenvalue weighted by Gasteiger charge is 2.28. The normalized spacial score (nSPS) is 19.8. The Morgan fingerprint density at radius 3 is 2.48 bits per heavy atom. The third kappa shape index (κ3) is 5.65. The van der Waals surface area contributed by atoms with E-state index in [0.29, 0.717) is 18.5 Å². The van der Waals surface area contributed by atoms with E-state index in [9.17, 15) is 13.2 Å². The minimum Gasteiger partial charge on any atom is -0.495 e. The number of likely N-dealkylation sites (tertiary alicyclic amines) is 1. The van der Waals surface area contributed by atoms with Crippen molar-refractivity contribution in [3.63, 3.8) is 0 Å².